The lowest BCUT2D eigenvalue weighted by Gasteiger charge is -2.03. The van der Waals surface area contributed by atoms with Crippen LogP contribution in [0.15, 0.2) is 89.5 Å². The molecular weight excluding hydrogens is 374 g/mol. The second kappa shape index (κ2) is 8.11. The zero-order chi connectivity index (χ0) is 19.3. The Morgan fingerprint density at radius 3 is 2.39 bits per heavy atom. The van der Waals surface area contributed by atoms with Crippen molar-refractivity contribution < 1.29 is 13.9 Å². The van der Waals surface area contributed by atoms with Crippen LogP contribution in [0.3, 0.4) is 0 Å². The Kier molecular flexibility index (Phi) is 5.22. The minimum Gasteiger partial charge on any atom is -0.456 e. The van der Waals surface area contributed by atoms with Gasteiger partial charge in [0.05, 0.1) is 0 Å². The molecule has 0 aliphatic carbocycles. The molecule has 0 N–H and O–H groups in total. The van der Waals surface area contributed by atoms with E-state index in [-0.39, 0.29) is 12.3 Å². The highest BCUT2D eigenvalue weighted by Gasteiger charge is 2.15. The standard InChI is InChI=1S/C23H16ClNO3/c24-20-8-4-7-19(13-20)17-9-11-18(12-10-17)22-25-21(15-27-22)23(26)28-14-16-5-2-1-3-6-16/h1-13,15H,14H2. The van der Waals surface area contributed by atoms with Crippen LogP contribution in [-0.2, 0) is 11.3 Å². The van der Waals surface area contributed by atoms with Gasteiger partial charge in [0.2, 0.25) is 5.89 Å². The molecule has 0 bridgehead atoms. The van der Waals surface area contributed by atoms with Gasteiger partial charge in [-0.1, -0.05) is 66.2 Å². The van der Waals surface area contributed by atoms with Crippen molar-refractivity contribution in [3.63, 3.8) is 0 Å². The Morgan fingerprint density at radius 1 is 0.893 bits per heavy atom. The van der Waals surface area contributed by atoms with Crippen LogP contribution in [0.4, 0.5) is 0 Å². The average molecular weight is 390 g/mol. The van der Waals surface area contributed by atoms with Crippen LogP contribution in [0.25, 0.3) is 22.6 Å². The van der Waals surface area contributed by atoms with Gasteiger partial charge < -0.3 is 9.15 Å². The Bertz CT molecular complexity index is 1090. The Morgan fingerprint density at radius 2 is 1.64 bits per heavy atom. The third-order valence-electron chi connectivity index (χ3n) is 4.22. The zero-order valence-electron chi connectivity index (χ0n) is 14.8. The minimum atomic E-state index is -0.519. The fraction of sp³-hybridized carbons (Fsp3) is 0.0435. The molecule has 4 rings (SSSR count). The van der Waals surface area contributed by atoms with E-state index in [9.17, 15) is 4.79 Å². The molecule has 0 spiro atoms. The monoisotopic (exact) mass is 389 g/mol. The third kappa shape index (κ3) is 4.13. The van der Waals surface area contributed by atoms with Crippen LogP contribution in [-0.4, -0.2) is 11.0 Å². The molecule has 0 amide bonds. The van der Waals surface area contributed by atoms with E-state index >= 15 is 0 Å². The zero-order valence-corrected chi connectivity index (χ0v) is 15.6. The highest BCUT2D eigenvalue weighted by atomic mass is 35.5. The molecule has 0 aliphatic heterocycles. The SMILES string of the molecule is O=C(OCc1ccccc1)c1coc(-c2ccc(-c3cccc(Cl)c3)cc2)n1. The van der Waals surface area contributed by atoms with Gasteiger partial charge in [-0.3, -0.25) is 0 Å². The quantitative estimate of drug-likeness (QED) is 0.392. The normalized spacial score (nSPS) is 10.6. The molecule has 1 aromatic heterocycles. The van der Waals surface area contributed by atoms with Crippen LogP contribution >= 0.6 is 11.6 Å². The fourth-order valence-corrected chi connectivity index (χ4v) is 2.96. The van der Waals surface area contributed by atoms with Crippen LogP contribution < -0.4 is 0 Å². The second-order valence-corrected chi connectivity index (χ2v) is 6.62. The minimum absolute atomic E-state index is 0.143. The predicted octanol–water partition coefficient (Wildman–Crippen LogP) is 6.02. The third-order valence-corrected chi connectivity index (χ3v) is 4.45. The van der Waals surface area contributed by atoms with E-state index in [1.165, 1.54) is 6.26 Å². The first kappa shape index (κ1) is 18.0. The van der Waals surface area contributed by atoms with E-state index in [2.05, 4.69) is 4.98 Å². The molecule has 0 unspecified atom stereocenters. The summed E-state index contributed by atoms with van der Waals surface area (Å²) in [5, 5.41) is 0.688. The second-order valence-electron chi connectivity index (χ2n) is 6.19. The molecule has 28 heavy (non-hydrogen) atoms. The van der Waals surface area contributed by atoms with Crippen LogP contribution in [0.2, 0.25) is 5.02 Å². The van der Waals surface area contributed by atoms with Crippen molar-refractivity contribution in [1.29, 1.82) is 0 Å². The van der Waals surface area contributed by atoms with E-state index in [0.29, 0.717) is 10.9 Å². The van der Waals surface area contributed by atoms with E-state index < -0.39 is 5.97 Å². The summed E-state index contributed by atoms with van der Waals surface area (Å²) < 4.78 is 10.7. The predicted molar refractivity (Wildman–Crippen MR) is 108 cm³/mol. The van der Waals surface area contributed by atoms with E-state index in [1.807, 2.05) is 78.9 Å². The van der Waals surface area contributed by atoms with E-state index in [1.54, 1.807) is 0 Å². The Hall–Kier alpha value is -3.37. The molecular formula is C23H16ClNO3. The fourth-order valence-electron chi connectivity index (χ4n) is 2.77. The van der Waals surface area contributed by atoms with Crippen molar-refractivity contribution >= 4 is 17.6 Å². The number of aromatic nitrogens is 1. The molecule has 4 aromatic rings. The maximum atomic E-state index is 12.2. The number of esters is 1. The van der Waals surface area contributed by atoms with Crippen LogP contribution in [0, 0.1) is 0 Å². The van der Waals surface area contributed by atoms with E-state index in [0.717, 1.165) is 22.3 Å². The van der Waals surface area contributed by atoms with Gasteiger partial charge >= 0.3 is 5.97 Å². The van der Waals surface area contributed by atoms with Gasteiger partial charge in [0.15, 0.2) is 5.69 Å². The summed E-state index contributed by atoms with van der Waals surface area (Å²) in [6, 6.07) is 24.8. The Balaban J connectivity index is 1.45. The lowest BCUT2D eigenvalue weighted by atomic mass is 10.0. The lowest BCUT2D eigenvalue weighted by molar-refractivity contribution is 0.0465. The van der Waals surface area contributed by atoms with Gasteiger partial charge in [0.25, 0.3) is 0 Å². The first-order valence-electron chi connectivity index (χ1n) is 8.72. The van der Waals surface area contributed by atoms with Crippen molar-refractivity contribution in [3.8, 4) is 22.6 Å². The number of rotatable bonds is 5. The highest BCUT2D eigenvalue weighted by molar-refractivity contribution is 6.30. The number of benzene rings is 3. The maximum absolute atomic E-state index is 12.2. The summed E-state index contributed by atoms with van der Waals surface area (Å²) in [6.45, 7) is 0.191. The first-order chi connectivity index (χ1) is 13.7. The molecule has 138 valence electrons. The number of oxazole rings is 1. The molecule has 4 nitrogen and oxygen atoms in total. The molecule has 1 heterocycles. The number of carbonyl (C=O) groups is 1. The molecule has 0 saturated heterocycles. The van der Waals surface area contributed by atoms with Crippen molar-refractivity contribution in [2.75, 3.05) is 0 Å². The van der Waals surface area contributed by atoms with Crippen molar-refractivity contribution in [2.45, 2.75) is 6.61 Å². The molecule has 0 saturated carbocycles. The van der Waals surface area contributed by atoms with Gasteiger partial charge in [-0.15, -0.1) is 0 Å². The van der Waals surface area contributed by atoms with Crippen LogP contribution in [0.1, 0.15) is 16.1 Å². The number of ether oxygens (including phenoxy) is 1. The Labute approximate surface area is 167 Å². The van der Waals surface area contributed by atoms with Gasteiger partial charge in [-0.25, -0.2) is 9.78 Å². The van der Waals surface area contributed by atoms with Gasteiger partial charge in [0.1, 0.15) is 12.9 Å². The maximum Gasteiger partial charge on any atom is 0.360 e. The van der Waals surface area contributed by atoms with Crippen molar-refractivity contribution in [1.82, 2.24) is 4.98 Å². The number of halogens is 1. The average Bonchev–Trinajstić information content (AvgIpc) is 3.23. The van der Waals surface area contributed by atoms with Crippen molar-refractivity contribution in [3.05, 3.63) is 101 Å². The number of hydrogen-bond acceptors (Lipinski definition) is 4. The van der Waals surface area contributed by atoms with Gasteiger partial charge in [0, 0.05) is 10.6 Å². The van der Waals surface area contributed by atoms with Gasteiger partial charge in [-0.05, 0) is 41.0 Å². The lowest BCUT2D eigenvalue weighted by Crippen LogP contribution is -2.05. The number of hydrogen-bond donors (Lipinski definition) is 0. The first-order valence-corrected chi connectivity index (χ1v) is 9.10. The summed E-state index contributed by atoms with van der Waals surface area (Å²) >= 11 is 6.05. The summed E-state index contributed by atoms with van der Waals surface area (Å²) in [5.74, 6) is -0.154. The summed E-state index contributed by atoms with van der Waals surface area (Å²) in [5.41, 5.74) is 3.88. The van der Waals surface area contributed by atoms with Gasteiger partial charge in [-0.2, -0.15) is 0 Å². The van der Waals surface area contributed by atoms with Crippen molar-refractivity contribution in [2.24, 2.45) is 0 Å². The largest absolute Gasteiger partial charge is 0.456 e. The number of carbonyl (C=O) groups excluding carboxylic acids is 1. The summed E-state index contributed by atoms with van der Waals surface area (Å²) in [4.78, 5) is 16.4. The molecule has 3 aromatic carbocycles. The molecule has 0 aliphatic rings. The van der Waals surface area contributed by atoms with E-state index in [4.69, 9.17) is 20.8 Å². The van der Waals surface area contributed by atoms with Crippen LogP contribution in [0.5, 0.6) is 0 Å². The molecule has 5 heteroatoms. The highest BCUT2D eigenvalue weighted by Crippen LogP contribution is 2.26. The summed E-state index contributed by atoms with van der Waals surface area (Å²) in [6.07, 6.45) is 1.31. The molecule has 0 atom stereocenters. The number of nitrogens with zero attached hydrogens (tertiary/aromatic N) is 1. The molecule has 0 fully saturated rings. The smallest absolute Gasteiger partial charge is 0.360 e. The molecule has 0 radical (unpaired) electrons. The summed E-state index contributed by atoms with van der Waals surface area (Å²) in [7, 11) is 0. The topological polar surface area (TPSA) is 52.3 Å².